The standard InChI is InChI=1S/C15H12BF4N3O4S/c1-14(25,7-28(26,27)9-4-2-8(17)3-5-9)13(24)21-11-6-10(15(18,19)20)12(16)23-22-11/h2-6,25H,7H2,1H3,(H,21,22,24)/t14-/m0/s1. The van der Waals surface area contributed by atoms with E-state index in [1.165, 1.54) is 0 Å². The van der Waals surface area contributed by atoms with Gasteiger partial charge in [-0.05, 0) is 37.3 Å². The molecule has 148 valence electrons. The van der Waals surface area contributed by atoms with Crippen LogP contribution in [0.1, 0.15) is 12.5 Å². The number of hydrogen-bond donors (Lipinski definition) is 2. The van der Waals surface area contributed by atoms with Crippen molar-refractivity contribution in [2.45, 2.75) is 23.6 Å². The first-order valence-corrected chi connectivity index (χ1v) is 9.10. The first kappa shape index (κ1) is 21.8. The number of hydrogen-bond acceptors (Lipinski definition) is 6. The summed E-state index contributed by atoms with van der Waals surface area (Å²) in [7, 11) is 0.865. The van der Waals surface area contributed by atoms with Gasteiger partial charge in [-0.15, -0.1) is 5.10 Å². The van der Waals surface area contributed by atoms with Crippen LogP contribution in [0.3, 0.4) is 0 Å². The van der Waals surface area contributed by atoms with Crippen LogP contribution in [0, 0.1) is 5.82 Å². The summed E-state index contributed by atoms with van der Waals surface area (Å²) < 4.78 is 76.0. The Bertz CT molecular complexity index is 995. The van der Waals surface area contributed by atoms with Crippen molar-refractivity contribution in [1.29, 1.82) is 0 Å². The molecule has 2 radical (unpaired) electrons. The first-order valence-electron chi connectivity index (χ1n) is 7.45. The predicted octanol–water partition coefficient (Wildman–Crippen LogP) is 0.592. The summed E-state index contributed by atoms with van der Waals surface area (Å²) in [6.07, 6.45) is -4.87. The van der Waals surface area contributed by atoms with Crippen LogP contribution in [-0.4, -0.2) is 48.8 Å². The molecule has 1 aromatic heterocycles. The van der Waals surface area contributed by atoms with Crippen LogP contribution >= 0.6 is 0 Å². The first-order chi connectivity index (χ1) is 12.7. The highest BCUT2D eigenvalue weighted by Gasteiger charge is 2.38. The molecule has 0 aliphatic heterocycles. The number of sulfone groups is 1. The second kappa shape index (κ2) is 7.47. The predicted molar refractivity (Wildman–Crippen MR) is 90.1 cm³/mol. The lowest BCUT2D eigenvalue weighted by Gasteiger charge is -2.22. The summed E-state index contributed by atoms with van der Waals surface area (Å²) in [5.74, 6) is -3.84. The highest BCUT2D eigenvalue weighted by Crippen LogP contribution is 2.28. The van der Waals surface area contributed by atoms with Gasteiger partial charge in [0.15, 0.2) is 21.3 Å². The van der Waals surface area contributed by atoms with Gasteiger partial charge >= 0.3 is 6.18 Å². The molecule has 2 aromatic rings. The van der Waals surface area contributed by atoms with Gasteiger partial charge in [-0.2, -0.15) is 18.3 Å². The highest BCUT2D eigenvalue weighted by atomic mass is 32.2. The summed E-state index contributed by atoms with van der Waals surface area (Å²) in [4.78, 5) is 11.8. The van der Waals surface area contributed by atoms with Crippen molar-refractivity contribution < 1.29 is 35.9 Å². The number of rotatable bonds is 5. The van der Waals surface area contributed by atoms with Crippen molar-refractivity contribution in [2.24, 2.45) is 0 Å². The molecule has 0 spiro atoms. The Morgan fingerprint density at radius 3 is 2.32 bits per heavy atom. The number of alkyl halides is 3. The molecule has 2 rings (SSSR count). The van der Waals surface area contributed by atoms with E-state index in [9.17, 15) is 35.9 Å². The number of benzene rings is 1. The zero-order chi connectivity index (χ0) is 21.3. The lowest BCUT2D eigenvalue weighted by Crippen LogP contribution is -2.46. The molecule has 0 fully saturated rings. The van der Waals surface area contributed by atoms with Gasteiger partial charge in [-0.25, -0.2) is 12.8 Å². The van der Waals surface area contributed by atoms with Crippen molar-refractivity contribution in [3.63, 3.8) is 0 Å². The molecule has 0 aliphatic rings. The van der Waals surface area contributed by atoms with Crippen LogP contribution in [0.2, 0.25) is 0 Å². The average Bonchev–Trinajstić information content (AvgIpc) is 2.55. The lowest BCUT2D eigenvalue weighted by molar-refractivity contribution is -0.137. The largest absolute Gasteiger partial charge is 0.417 e. The van der Waals surface area contributed by atoms with E-state index in [1.54, 1.807) is 0 Å². The van der Waals surface area contributed by atoms with Gasteiger partial charge in [0.1, 0.15) is 13.7 Å². The Hall–Kier alpha value is -2.54. The van der Waals surface area contributed by atoms with E-state index in [0.717, 1.165) is 31.2 Å². The Balaban J connectivity index is 2.22. The number of carbonyl (C=O) groups is 1. The van der Waals surface area contributed by atoms with Gasteiger partial charge in [0, 0.05) is 5.59 Å². The number of carbonyl (C=O) groups excluding carboxylic acids is 1. The minimum atomic E-state index is -4.87. The third kappa shape index (κ3) is 5.04. The smallest absolute Gasteiger partial charge is 0.379 e. The summed E-state index contributed by atoms with van der Waals surface area (Å²) in [5, 5.41) is 18.4. The third-order valence-electron chi connectivity index (χ3n) is 3.50. The Kier molecular flexibility index (Phi) is 5.81. The summed E-state index contributed by atoms with van der Waals surface area (Å²) in [5.41, 5.74) is -4.83. The zero-order valence-corrected chi connectivity index (χ0v) is 15.0. The molecule has 2 N–H and O–H groups in total. The Labute approximate surface area is 158 Å². The Morgan fingerprint density at radius 2 is 1.79 bits per heavy atom. The van der Waals surface area contributed by atoms with Crippen molar-refractivity contribution >= 4 is 35.0 Å². The minimum absolute atomic E-state index is 0.353. The SMILES string of the molecule is [B]c1nnc(NC(=O)[C@@](C)(O)CS(=O)(=O)c2ccc(F)cc2)cc1C(F)(F)F. The van der Waals surface area contributed by atoms with Crippen LogP contribution in [0.25, 0.3) is 0 Å². The van der Waals surface area contributed by atoms with Crippen molar-refractivity contribution in [1.82, 2.24) is 10.2 Å². The summed E-state index contributed by atoms with van der Waals surface area (Å²) in [6.45, 7) is 0.846. The fourth-order valence-electron chi connectivity index (χ4n) is 2.10. The lowest BCUT2D eigenvalue weighted by atomic mass is 9.98. The van der Waals surface area contributed by atoms with Crippen molar-refractivity contribution in [3.05, 3.63) is 41.7 Å². The van der Waals surface area contributed by atoms with E-state index < -0.39 is 56.1 Å². The molecule has 1 heterocycles. The fraction of sp³-hybridized carbons (Fsp3) is 0.267. The fourth-order valence-corrected chi connectivity index (χ4v) is 3.69. The van der Waals surface area contributed by atoms with Crippen molar-refractivity contribution in [3.8, 4) is 0 Å². The van der Waals surface area contributed by atoms with Crippen molar-refractivity contribution in [2.75, 3.05) is 11.1 Å². The van der Waals surface area contributed by atoms with Gasteiger partial charge in [-0.1, -0.05) is 0 Å². The van der Waals surface area contributed by atoms with Gasteiger partial charge in [0.25, 0.3) is 5.91 Å². The van der Waals surface area contributed by atoms with E-state index in [4.69, 9.17) is 7.85 Å². The molecule has 0 saturated carbocycles. The van der Waals surface area contributed by atoms with Crippen LogP contribution in [0.4, 0.5) is 23.4 Å². The number of anilines is 1. The highest BCUT2D eigenvalue weighted by molar-refractivity contribution is 7.91. The number of aliphatic hydroxyl groups is 1. The molecule has 13 heteroatoms. The van der Waals surface area contributed by atoms with Gasteiger partial charge in [0.05, 0.1) is 16.2 Å². The maximum absolute atomic E-state index is 12.9. The van der Waals surface area contributed by atoms with Gasteiger partial charge in [0.2, 0.25) is 0 Å². The Morgan fingerprint density at radius 1 is 1.21 bits per heavy atom. The maximum Gasteiger partial charge on any atom is 0.417 e. The number of nitrogens with one attached hydrogen (secondary N) is 1. The normalized spacial score (nSPS) is 14.4. The molecule has 0 aliphatic carbocycles. The average molecular weight is 417 g/mol. The van der Waals surface area contributed by atoms with Crippen LogP contribution in [-0.2, 0) is 20.8 Å². The topological polar surface area (TPSA) is 109 Å². The molecule has 1 atom stereocenters. The molecule has 0 saturated heterocycles. The number of nitrogens with zero attached hydrogens (tertiary/aromatic N) is 2. The second-order valence-electron chi connectivity index (χ2n) is 5.97. The molecule has 28 heavy (non-hydrogen) atoms. The molecule has 0 unspecified atom stereocenters. The number of amides is 1. The molecule has 0 bridgehead atoms. The van der Waals surface area contributed by atoms with Crippen LogP contribution in [0.15, 0.2) is 35.2 Å². The van der Waals surface area contributed by atoms with Crippen LogP contribution in [0.5, 0.6) is 0 Å². The number of halogens is 4. The van der Waals surface area contributed by atoms with E-state index in [-0.39, 0.29) is 4.90 Å². The zero-order valence-electron chi connectivity index (χ0n) is 14.2. The van der Waals surface area contributed by atoms with E-state index >= 15 is 0 Å². The molecular weight excluding hydrogens is 405 g/mol. The third-order valence-corrected chi connectivity index (χ3v) is 5.44. The number of aromatic nitrogens is 2. The molecule has 1 aromatic carbocycles. The maximum atomic E-state index is 12.9. The van der Waals surface area contributed by atoms with Gasteiger partial charge in [-0.3, -0.25) is 4.79 Å². The van der Waals surface area contributed by atoms with Crippen LogP contribution < -0.4 is 10.9 Å². The van der Waals surface area contributed by atoms with E-state index in [1.807, 2.05) is 5.32 Å². The molecule has 1 amide bonds. The van der Waals surface area contributed by atoms with E-state index in [2.05, 4.69) is 10.2 Å². The summed E-state index contributed by atoms with van der Waals surface area (Å²) in [6, 6.07) is 4.04. The minimum Gasteiger partial charge on any atom is -0.379 e. The quantitative estimate of drug-likeness (QED) is 0.419. The van der Waals surface area contributed by atoms with Gasteiger partial charge < -0.3 is 10.4 Å². The second-order valence-corrected chi connectivity index (χ2v) is 7.96. The monoisotopic (exact) mass is 417 g/mol. The molecular formula is C15H12BF4N3O4S. The van der Waals surface area contributed by atoms with E-state index in [0.29, 0.717) is 6.07 Å². The summed E-state index contributed by atoms with van der Waals surface area (Å²) >= 11 is 0. The molecule has 7 nitrogen and oxygen atoms in total.